The fourth-order valence-electron chi connectivity index (χ4n) is 4.62. The number of nitrogens with one attached hydrogen (secondary N) is 2. The molecule has 0 bridgehead atoms. The molecule has 1 amide bonds. The normalized spacial score (nSPS) is 32.2. The maximum atomic E-state index is 12.4. The smallest absolute Gasteiger partial charge is 0.220 e. The second-order valence-corrected chi connectivity index (χ2v) is 7.47. The minimum Gasteiger partial charge on any atom is -0.352 e. The molecule has 23 heavy (non-hydrogen) atoms. The van der Waals surface area contributed by atoms with E-state index in [9.17, 15) is 4.79 Å². The molecule has 4 heteroatoms. The first-order valence-corrected chi connectivity index (χ1v) is 8.82. The second-order valence-electron chi connectivity index (χ2n) is 7.47. The monoisotopic (exact) mass is 334 g/mol. The van der Waals surface area contributed by atoms with Crippen molar-refractivity contribution in [2.75, 3.05) is 13.1 Å². The first-order valence-electron chi connectivity index (χ1n) is 8.82. The minimum atomic E-state index is 0. The van der Waals surface area contributed by atoms with Gasteiger partial charge in [-0.1, -0.05) is 31.2 Å². The zero-order valence-electron chi connectivity index (χ0n) is 13.8. The van der Waals surface area contributed by atoms with Crippen LogP contribution in [-0.4, -0.2) is 25.0 Å². The molecule has 1 aromatic carbocycles. The van der Waals surface area contributed by atoms with Crippen LogP contribution in [0.1, 0.15) is 43.2 Å². The van der Waals surface area contributed by atoms with Crippen molar-refractivity contribution in [3.8, 4) is 0 Å². The van der Waals surface area contributed by atoms with Crippen molar-refractivity contribution < 1.29 is 4.79 Å². The molecule has 4 rings (SSSR count). The molecule has 2 N–H and O–H groups in total. The van der Waals surface area contributed by atoms with Crippen LogP contribution in [0.4, 0.5) is 0 Å². The summed E-state index contributed by atoms with van der Waals surface area (Å²) in [6.07, 6.45) is 4.35. The van der Waals surface area contributed by atoms with E-state index in [4.69, 9.17) is 0 Å². The molecule has 5 unspecified atom stereocenters. The van der Waals surface area contributed by atoms with Crippen LogP contribution in [0.2, 0.25) is 0 Å². The van der Waals surface area contributed by atoms with Gasteiger partial charge in [-0.05, 0) is 61.2 Å². The number of carbonyl (C=O) groups is 1. The molecule has 1 saturated carbocycles. The van der Waals surface area contributed by atoms with E-state index in [1.54, 1.807) is 0 Å². The Labute approximate surface area is 145 Å². The third-order valence-corrected chi connectivity index (χ3v) is 6.01. The maximum Gasteiger partial charge on any atom is 0.220 e. The minimum absolute atomic E-state index is 0. The highest BCUT2D eigenvalue weighted by Gasteiger charge is 2.56. The number of benzene rings is 1. The molecule has 1 heterocycles. The molecule has 1 aliphatic heterocycles. The van der Waals surface area contributed by atoms with Gasteiger partial charge in [0.15, 0.2) is 0 Å². The number of carbonyl (C=O) groups excluding carboxylic acids is 1. The van der Waals surface area contributed by atoms with Crippen molar-refractivity contribution in [2.45, 2.75) is 44.6 Å². The number of hydrogen-bond donors (Lipinski definition) is 2. The van der Waals surface area contributed by atoms with Gasteiger partial charge >= 0.3 is 0 Å². The number of piperidine rings is 1. The lowest BCUT2D eigenvalue weighted by atomic mass is 9.85. The quantitative estimate of drug-likeness (QED) is 0.889. The van der Waals surface area contributed by atoms with E-state index in [1.165, 1.54) is 24.0 Å². The first kappa shape index (κ1) is 16.8. The summed E-state index contributed by atoms with van der Waals surface area (Å²) >= 11 is 0. The molecule has 0 radical (unpaired) electrons. The van der Waals surface area contributed by atoms with Crippen molar-refractivity contribution in [1.29, 1.82) is 0 Å². The van der Waals surface area contributed by atoms with Crippen molar-refractivity contribution in [3.63, 3.8) is 0 Å². The lowest BCUT2D eigenvalue weighted by Gasteiger charge is -2.28. The molecule has 1 saturated heterocycles. The third-order valence-electron chi connectivity index (χ3n) is 6.01. The molecule has 0 aromatic heterocycles. The molecular formula is C19H27ClN2O. The lowest BCUT2D eigenvalue weighted by molar-refractivity contribution is -0.122. The number of amides is 1. The Bertz CT molecular complexity index is 570. The molecule has 126 valence electrons. The van der Waals surface area contributed by atoms with Crippen LogP contribution >= 0.6 is 12.4 Å². The number of fused-ring (bicyclic) bond motifs is 3. The molecule has 2 aliphatic carbocycles. The van der Waals surface area contributed by atoms with Gasteiger partial charge < -0.3 is 10.6 Å². The maximum absolute atomic E-state index is 12.4. The topological polar surface area (TPSA) is 41.1 Å². The molecule has 2 fully saturated rings. The highest BCUT2D eigenvalue weighted by molar-refractivity contribution is 5.85. The average molecular weight is 335 g/mol. The van der Waals surface area contributed by atoms with Crippen LogP contribution < -0.4 is 10.6 Å². The fraction of sp³-hybridized carbons (Fsp3) is 0.632. The summed E-state index contributed by atoms with van der Waals surface area (Å²) in [6.45, 7) is 4.46. The van der Waals surface area contributed by atoms with E-state index in [0.29, 0.717) is 36.1 Å². The predicted octanol–water partition coefficient (Wildman–Crippen LogP) is 2.89. The van der Waals surface area contributed by atoms with Crippen molar-refractivity contribution >= 4 is 18.3 Å². The summed E-state index contributed by atoms with van der Waals surface area (Å²) in [5.74, 6) is 2.66. The van der Waals surface area contributed by atoms with Gasteiger partial charge in [0.2, 0.25) is 5.91 Å². The Morgan fingerprint density at radius 3 is 3.00 bits per heavy atom. The molecule has 0 spiro atoms. The van der Waals surface area contributed by atoms with Gasteiger partial charge in [0, 0.05) is 18.4 Å². The zero-order valence-corrected chi connectivity index (χ0v) is 14.6. The summed E-state index contributed by atoms with van der Waals surface area (Å²) in [6, 6.07) is 9.12. The Balaban J connectivity index is 0.00000156. The summed E-state index contributed by atoms with van der Waals surface area (Å²) < 4.78 is 0. The van der Waals surface area contributed by atoms with Gasteiger partial charge in [-0.3, -0.25) is 4.79 Å². The molecule has 3 nitrogen and oxygen atoms in total. The standard InChI is InChI=1S/C19H26N2O.ClH/c1-12(14-6-4-8-20-11-14)9-17(22)21-19-16-10-13-5-2-3-7-15(13)18(16)19;/h2-3,5,7,12,14,16,18-20H,4,6,8-11H2,1H3,(H,21,22);1H. The van der Waals surface area contributed by atoms with E-state index in [-0.39, 0.29) is 18.3 Å². The summed E-state index contributed by atoms with van der Waals surface area (Å²) in [5, 5.41) is 6.76. The summed E-state index contributed by atoms with van der Waals surface area (Å²) in [7, 11) is 0. The number of rotatable bonds is 4. The van der Waals surface area contributed by atoms with E-state index in [1.807, 2.05) is 0 Å². The van der Waals surface area contributed by atoms with Gasteiger partial charge in [-0.2, -0.15) is 0 Å². The summed E-state index contributed by atoms with van der Waals surface area (Å²) in [5.41, 5.74) is 2.96. The largest absolute Gasteiger partial charge is 0.352 e. The molecule has 3 aliphatic rings. The van der Waals surface area contributed by atoms with E-state index < -0.39 is 0 Å². The SMILES string of the molecule is CC(CC(=O)NC1C2Cc3ccccc3C21)C1CCCNC1.Cl. The molecule has 5 atom stereocenters. The van der Waals surface area contributed by atoms with Crippen molar-refractivity contribution in [3.05, 3.63) is 35.4 Å². The fourth-order valence-corrected chi connectivity index (χ4v) is 4.62. The van der Waals surface area contributed by atoms with Crippen molar-refractivity contribution in [1.82, 2.24) is 10.6 Å². The van der Waals surface area contributed by atoms with Crippen molar-refractivity contribution in [2.24, 2.45) is 17.8 Å². The van der Waals surface area contributed by atoms with Crippen LogP contribution in [0.15, 0.2) is 24.3 Å². The van der Waals surface area contributed by atoms with Crippen LogP contribution in [-0.2, 0) is 11.2 Å². The van der Waals surface area contributed by atoms with Crippen LogP contribution in [0.3, 0.4) is 0 Å². The Kier molecular flexibility index (Phi) is 4.98. The van der Waals surface area contributed by atoms with Crippen LogP contribution in [0.5, 0.6) is 0 Å². The van der Waals surface area contributed by atoms with Gasteiger partial charge in [-0.15, -0.1) is 12.4 Å². The summed E-state index contributed by atoms with van der Waals surface area (Å²) in [4.78, 5) is 12.4. The number of halogens is 1. The van der Waals surface area contributed by atoms with E-state index in [0.717, 1.165) is 19.5 Å². The highest BCUT2D eigenvalue weighted by atomic mass is 35.5. The molecular weight excluding hydrogens is 308 g/mol. The first-order chi connectivity index (χ1) is 10.7. The van der Waals surface area contributed by atoms with E-state index >= 15 is 0 Å². The average Bonchev–Trinajstić information content (AvgIpc) is 3.05. The van der Waals surface area contributed by atoms with Gasteiger partial charge in [0.1, 0.15) is 0 Å². The number of hydrogen-bond acceptors (Lipinski definition) is 2. The van der Waals surface area contributed by atoms with Crippen LogP contribution in [0, 0.1) is 17.8 Å². The van der Waals surface area contributed by atoms with E-state index in [2.05, 4.69) is 41.8 Å². The zero-order chi connectivity index (χ0) is 15.1. The van der Waals surface area contributed by atoms with Gasteiger partial charge in [0.05, 0.1) is 0 Å². The van der Waals surface area contributed by atoms with Crippen LogP contribution in [0.25, 0.3) is 0 Å². The Hall–Kier alpha value is -1.06. The van der Waals surface area contributed by atoms with Gasteiger partial charge in [-0.25, -0.2) is 0 Å². The second kappa shape index (κ2) is 6.82. The highest BCUT2D eigenvalue weighted by Crippen LogP contribution is 2.56. The predicted molar refractivity (Wildman–Crippen MR) is 94.9 cm³/mol. The van der Waals surface area contributed by atoms with Gasteiger partial charge in [0.25, 0.3) is 0 Å². The molecule has 1 aromatic rings. The Morgan fingerprint density at radius 1 is 1.39 bits per heavy atom. The Morgan fingerprint density at radius 2 is 2.22 bits per heavy atom. The lowest BCUT2D eigenvalue weighted by Crippen LogP contribution is -2.36. The third kappa shape index (κ3) is 3.27.